The normalized spacial score (nSPS) is 30.2. The van der Waals surface area contributed by atoms with E-state index >= 15 is 0 Å². The van der Waals surface area contributed by atoms with Gasteiger partial charge in [0.2, 0.25) is 11.2 Å². The van der Waals surface area contributed by atoms with Gasteiger partial charge in [0, 0.05) is 11.8 Å². The molecule has 0 spiro atoms. The van der Waals surface area contributed by atoms with Crippen LogP contribution in [0.3, 0.4) is 0 Å². The SMILES string of the molecule is CC(C)(C)C1CCC([C@](O)(C(=O)O)[C@@](O)(C(=O)O)C2CCCCC2)CC1. The minimum atomic E-state index is -2.66. The summed E-state index contributed by atoms with van der Waals surface area (Å²) < 4.78 is 0. The highest BCUT2D eigenvalue weighted by Gasteiger charge is 2.67. The summed E-state index contributed by atoms with van der Waals surface area (Å²) >= 11 is 0. The topological polar surface area (TPSA) is 115 Å². The van der Waals surface area contributed by atoms with Gasteiger partial charge in [0.15, 0.2) is 0 Å². The van der Waals surface area contributed by atoms with Crippen molar-refractivity contribution in [3.63, 3.8) is 0 Å². The molecule has 0 radical (unpaired) electrons. The molecule has 2 saturated carbocycles. The van der Waals surface area contributed by atoms with E-state index in [-0.39, 0.29) is 5.41 Å². The maximum absolute atomic E-state index is 12.1. The van der Waals surface area contributed by atoms with Crippen molar-refractivity contribution in [3.8, 4) is 0 Å². The molecule has 0 amide bonds. The first kappa shape index (κ1) is 21.2. The van der Waals surface area contributed by atoms with Crippen molar-refractivity contribution in [1.82, 2.24) is 0 Å². The van der Waals surface area contributed by atoms with E-state index in [0.717, 1.165) is 32.1 Å². The molecule has 2 atom stereocenters. The number of aliphatic hydroxyl groups is 2. The predicted molar refractivity (Wildman–Crippen MR) is 96.6 cm³/mol. The van der Waals surface area contributed by atoms with Crippen LogP contribution in [0.4, 0.5) is 0 Å². The third-order valence-corrected chi connectivity index (χ3v) is 6.97. The Morgan fingerprint density at radius 3 is 1.35 bits per heavy atom. The van der Waals surface area contributed by atoms with Gasteiger partial charge in [-0.1, -0.05) is 40.0 Å². The van der Waals surface area contributed by atoms with Gasteiger partial charge < -0.3 is 20.4 Å². The molecule has 2 aliphatic carbocycles. The van der Waals surface area contributed by atoms with Crippen molar-refractivity contribution in [2.75, 3.05) is 0 Å². The first-order valence-corrected chi connectivity index (χ1v) is 9.87. The lowest BCUT2D eigenvalue weighted by molar-refractivity contribution is -0.236. The van der Waals surface area contributed by atoms with Gasteiger partial charge in [-0.15, -0.1) is 0 Å². The molecule has 0 aromatic rings. The molecule has 2 aliphatic rings. The molecule has 0 aromatic carbocycles. The van der Waals surface area contributed by atoms with E-state index in [1.807, 2.05) is 0 Å². The first-order valence-electron chi connectivity index (χ1n) is 9.87. The van der Waals surface area contributed by atoms with E-state index < -0.39 is 35.0 Å². The van der Waals surface area contributed by atoms with Gasteiger partial charge in [0.1, 0.15) is 0 Å². The summed E-state index contributed by atoms with van der Waals surface area (Å²) in [6.45, 7) is 6.41. The minimum absolute atomic E-state index is 0.0821. The molecule has 6 nitrogen and oxygen atoms in total. The van der Waals surface area contributed by atoms with Gasteiger partial charge in [0.25, 0.3) is 0 Å². The lowest BCUT2D eigenvalue weighted by Gasteiger charge is -2.49. The summed E-state index contributed by atoms with van der Waals surface area (Å²) in [5, 5.41) is 42.0. The Kier molecular flexibility index (Phi) is 6.08. The Hall–Kier alpha value is -1.14. The fourth-order valence-electron chi connectivity index (χ4n) is 5.20. The molecule has 0 saturated heterocycles. The van der Waals surface area contributed by atoms with E-state index in [1.165, 1.54) is 0 Å². The van der Waals surface area contributed by atoms with E-state index in [2.05, 4.69) is 20.8 Å². The quantitative estimate of drug-likeness (QED) is 0.591. The molecular formula is C20H34O6. The van der Waals surface area contributed by atoms with E-state index in [1.54, 1.807) is 0 Å². The largest absolute Gasteiger partial charge is 0.479 e. The third-order valence-electron chi connectivity index (χ3n) is 6.97. The molecule has 0 aromatic heterocycles. The fourth-order valence-corrected chi connectivity index (χ4v) is 5.20. The molecule has 0 unspecified atom stereocenters. The van der Waals surface area contributed by atoms with E-state index in [9.17, 15) is 30.0 Å². The van der Waals surface area contributed by atoms with Crippen LogP contribution in [-0.4, -0.2) is 43.6 Å². The second-order valence-corrected chi connectivity index (χ2v) is 9.39. The Balaban J connectivity index is 2.35. The smallest absolute Gasteiger partial charge is 0.339 e. The van der Waals surface area contributed by atoms with Gasteiger partial charge in [-0.3, -0.25) is 0 Å². The number of carbonyl (C=O) groups is 2. The van der Waals surface area contributed by atoms with Crippen molar-refractivity contribution in [3.05, 3.63) is 0 Å². The Morgan fingerprint density at radius 1 is 0.654 bits per heavy atom. The lowest BCUT2D eigenvalue weighted by Crippen LogP contribution is -2.71. The average Bonchev–Trinajstić information content (AvgIpc) is 2.60. The molecule has 2 rings (SSSR count). The zero-order valence-electron chi connectivity index (χ0n) is 16.2. The van der Waals surface area contributed by atoms with Crippen LogP contribution < -0.4 is 0 Å². The second kappa shape index (κ2) is 7.47. The van der Waals surface area contributed by atoms with Crippen LogP contribution in [-0.2, 0) is 9.59 Å². The monoisotopic (exact) mass is 370 g/mol. The van der Waals surface area contributed by atoms with E-state index in [4.69, 9.17) is 0 Å². The molecule has 0 heterocycles. The third kappa shape index (κ3) is 3.50. The molecule has 4 N–H and O–H groups in total. The van der Waals surface area contributed by atoms with Crippen LogP contribution in [0.2, 0.25) is 0 Å². The van der Waals surface area contributed by atoms with Crippen LogP contribution in [0.1, 0.15) is 78.6 Å². The summed E-state index contributed by atoms with van der Waals surface area (Å²) in [5.74, 6) is -4.35. The summed E-state index contributed by atoms with van der Waals surface area (Å²) in [6, 6.07) is 0. The summed E-state index contributed by atoms with van der Waals surface area (Å²) in [6.07, 6.45) is 5.55. The molecule has 26 heavy (non-hydrogen) atoms. The molecule has 2 fully saturated rings. The first-order chi connectivity index (χ1) is 12.0. The Morgan fingerprint density at radius 2 is 1.00 bits per heavy atom. The molecular weight excluding hydrogens is 336 g/mol. The zero-order valence-corrected chi connectivity index (χ0v) is 16.2. The number of aliphatic carboxylic acids is 2. The number of carboxylic acid groups (broad SMARTS) is 2. The highest BCUT2D eigenvalue weighted by atomic mass is 16.5. The predicted octanol–water partition coefficient (Wildman–Crippen LogP) is 3.05. The van der Waals surface area contributed by atoms with Crippen molar-refractivity contribution in [2.24, 2.45) is 23.2 Å². The van der Waals surface area contributed by atoms with E-state index in [0.29, 0.717) is 31.6 Å². The Labute approximate surface area is 155 Å². The van der Waals surface area contributed by atoms with Gasteiger partial charge in [-0.05, 0) is 49.9 Å². The number of carboxylic acids is 2. The van der Waals surface area contributed by atoms with Gasteiger partial charge >= 0.3 is 11.9 Å². The van der Waals surface area contributed by atoms with Crippen molar-refractivity contribution >= 4 is 11.9 Å². The standard InChI is InChI=1S/C20H34O6/c1-18(2,3)13-9-11-15(12-10-13)20(26,17(23)24)19(25,16(21)22)14-7-5-4-6-8-14/h13-15,25-26H,4-12H2,1-3H3,(H,21,22)(H,23,24)/t13?,15?,19-,20-/m0/s1. The van der Waals surface area contributed by atoms with Gasteiger partial charge in [-0.2, -0.15) is 0 Å². The number of rotatable bonds is 5. The van der Waals surface area contributed by atoms with Crippen molar-refractivity contribution in [1.29, 1.82) is 0 Å². The summed E-state index contributed by atoms with van der Waals surface area (Å²) in [5.41, 5.74) is -5.24. The highest BCUT2D eigenvalue weighted by molar-refractivity contribution is 5.91. The van der Waals surface area contributed by atoms with Crippen molar-refractivity contribution < 1.29 is 30.0 Å². The number of hydrogen-bond donors (Lipinski definition) is 4. The highest BCUT2D eigenvalue weighted by Crippen LogP contribution is 2.49. The van der Waals surface area contributed by atoms with Crippen molar-refractivity contribution in [2.45, 2.75) is 89.8 Å². The van der Waals surface area contributed by atoms with Gasteiger partial charge in [0.05, 0.1) is 0 Å². The second-order valence-electron chi connectivity index (χ2n) is 9.39. The average molecular weight is 370 g/mol. The van der Waals surface area contributed by atoms with Crippen LogP contribution in [0, 0.1) is 23.2 Å². The maximum atomic E-state index is 12.1. The number of hydrogen-bond acceptors (Lipinski definition) is 4. The van der Waals surface area contributed by atoms with Crippen LogP contribution in [0.15, 0.2) is 0 Å². The fraction of sp³-hybridized carbons (Fsp3) is 0.900. The van der Waals surface area contributed by atoms with Crippen LogP contribution in [0.25, 0.3) is 0 Å². The summed E-state index contributed by atoms with van der Waals surface area (Å²) in [4.78, 5) is 24.2. The van der Waals surface area contributed by atoms with Crippen LogP contribution >= 0.6 is 0 Å². The molecule has 150 valence electrons. The molecule has 6 heteroatoms. The lowest BCUT2D eigenvalue weighted by atomic mass is 9.59. The molecule has 0 aliphatic heterocycles. The maximum Gasteiger partial charge on any atom is 0.339 e. The summed E-state index contributed by atoms with van der Waals surface area (Å²) in [7, 11) is 0. The Bertz CT molecular complexity index is 525. The van der Waals surface area contributed by atoms with Crippen LogP contribution in [0.5, 0.6) is 0 Å². The zero-order chi connectivity index (χ0) is 19.8. The van der Waals surface area contributed by atoms with Gasteiger partial charge in [-0.25, -0.2) is 9.59 Å². The minimum Gasteiger partial charge on any atom is -0.479 e. The molecule has 0 bridgehead atoms.